The van der Waals surface area contributed by atoms with Crippen LogP contribution in [0.3, 0.4) is 0 Å². The predicted octanol–water partition coefficient (Wildman–Crippen LogP) is 2.79. The quantitative estimate of drug-likeness (QED) is 0.449. The van der Waals surface area contributed by atoms with Gasteiger partial charge in [-0.1, -0.05) is 19.8 Å². The first-order chi connectivity index (χ1) is 8.60. The second-order valence-corrected chi connectivity index (χ2v) is 4.21. The van der Waals surface area contributed by atoms with Gasteiger partial charge in [-0.15, -0.1) is 0 Å². The van der Waals surface area contributed by atoms with E-state index in [2.05, 4.69) is 11.7 Å². The molecule has 0 radical (unpaired) electrons. The molecule has 0 fully saturated rings. The molecule has 0 aromatic heterocycles. The lowest BCUT2D eigenvalue weighted by Gasteiger charge is -2.12. The minimum atomic E-state index is -0.704. The molecule has 0 bridgehead atoms. The number of rotatable bonds is 10. The van der Waals surface area contributed by atoms with Gasteiger partial charge in [0.15, 0.2) is 0 Å². The van der Waals surface area contributed by atoms with Crippen molar-refractivity contribution in [3.63, 3.8) is 0 Å². The lowest BCUT2D eigenvalue weighted by Crippen LogP contribution is -2.16. The monoisotopic (exact) mass is 262 g/mol. The van der Waals surface area contributed by atoms with Crippen molar-refractivity contribution in [1.29, 1.82) is 0 Å². The average molecular weight is 262 g/mol. The van der Waals surface area contributed by atoms with Crippen molar-refractivity contribution >= 4 is 11.9 Å². The molecular weight excluding hydrogens is 239 g/mol. The Morgan fingerprint density at radius 1 is 1.17 bits per heavy atom. The van der Waals surface area contributed by atoms with Gasteiger partial charge >= 0.3 is 11.9 Å². The topological polar surface area (TPSA) is 52.6 Å². The highest BCUT2D eigenvalue weighted by Crippen LogP contribution is 2.08. The molecule has 1 unspecified atom stereocenters. The molecule has 0 N–H and O–H groups in total. The van der Waals surface area contributed by atoms with Crippen LogP contribution >= 0.6 is 0 Å². The van der Waals surface area contributed by atoms with Crippen LogP contribution in [0.4, 0.5) is 4.39 Å². The second kappa shape index (κ2) is 11.0. The third-order valence-electron chi connectivity index (χ3n) is 2.42. The van der Waals surface area contributed by atoms with E-state index < -0.39 is 18.6 Å². The number of alkyl halides is 1. The predicted molar refractivity (Wildman–Crippen MR) is 65.9 cm³/mol. The van der Waals surface area contributed by atoms with Gasteiger partial charge in [-0.3, -0.25) is 9.59 Å². The number of halogens is 1. The summed E-state index contributed by atoms with van der Waals surface area (Å²) in [5.74, 6) is -0.973. The van der Waals surface area contributed by atoms with Gasteiger partial charge in [-0.05, 0) is 19.8 Å². The summed E-state index contributed by atoms with van der Waals surface area (Å²) in [5, 5.41) is 0. The first kappa shape index (κ1) is 16.9. The van der Waals surface area contributed by atoms with E-state index in [0.717, 1.165) is 25.7 Å². The molecule has 0 saturated heterocycles. The summed E-state index contributed by atoms with van der Waals surface area (Å²) < 4.78 is 21.3. The van der Waals surface area contributed by atoms with Gasteiger partial charge in [0.2, 0.25) is 0 Å². The van der Waals surface area contributed by atoms with Gasteiger partial charge in [0.1, 0.15) is 13.3 Å². The maximum atomic E-state index is 11.7. The maximum Gasteiger partial charge on any atom is 0.306 e. The van der Waals surface area contributed by atoms with E-state index in [9.17, 15) is 14.0 Å². The van der Waals surface area contributed by atoms with E-state index in [1.165, 1.54) is 0 Å². The summed E-state index contributed by atoms with van der Waals surface area (Å²) in [6.45, 7) is 3.00. The summed E-state index contributed by atoms with van der Waals surface area (Å²) in [5.41, 5.74) is 0. The van der Waals surface area contributed by atoms with Crippen LogP contribution in [-0.2, 0) is 19.1 Å². The van der Waals surface area contributed by atoms with Gasteiger partial charge in [0.05, 0.1) is 18.9 Å². The Morgan fingerprint density at radius 2 is 1.83 bits per heavy atom. The Labute approximate surface area is 108 Å². The molecule has 0 heterocycles. The van der Waals surface area contributed by atoms with E-state index in [0.29, 0.717) is 0 Å². The summed E-state index contributed by atoms with van der Waals surface area (Å²) in [4.78, 5) is 22.4. The van der Waals surface area contributed by atoms with E-state index in [1.54, 1.807) is 0 Å². The van der Waals surface area contributed by atoms with Crippen molar-refractivity contribution in [3.05, 3.63) is 0 Å². The van der Waals surface area contributed by atoms with Gasteiger partial charge in [-0.25, -0.2) is 4.39 Å². The molecule has 0 aromatic carbocycles. The number of carbonyl (C=O) groups is 2. The highest BCUT2D eigenvalue weighted by Gasteiger charge is 2.12. The van der Waals surface area contributed by atoms with Crippen molar-refractivity contribution in [2.24, 2.45) is 0 Å². The first-order valence-electron chi connectivity index (χ1n) is 6.51. The number of ether oxygens (including phenoxy) is 2. The van der Waals surface area contributed by atoms with Gasteiger partial charge < -0.3 is 9.47 Å². The van der Waals surface area contributed by atoms with E-state index in [4.69, 9.17) is 4.74 Å². The minimum absolute atomic E-state index is 0.0107. The maximum absolute atomic E-state index is 11.7. The van der Waals surface area contributed by atoms with Crippen molar-refractivity contribution in [2.75, 3.05) is 13.3 Å². The van der Waals surface area contributed by atoms with Crippen molar-refractivity contribution < 1.29 is 23.5 Å². The molecule has 0 aliphatic rings. The van der Waals surface area contributed by atoms with Crippen LogP contribution in [0.5, 0.6) is 0 Å². The van der Waals surface area contributed by atoms with Crippen LogP contribution in [0.25, 0.3) is 0 Å². The summed E-state index contributed by atoms with van der Waals surface area (Å²) in [6.07, 6.45) is 3.93. The number of esters is 2. The van der Waals surface area contributed by atoms with Crippen LogP contribution in [0.15, 0.2) is 0 Å². The Bertz CT molecular complexity index is 243. The van der Waals surface area contributed by atoms with Crippen LogP contribution < -0.4 is 0 Å². The molecular formula is C13H23FO4. The van der Waals surface area contributed by atoms with Crippen LogP contribution in [0.1, 0.15) is 52.4 Å². The van der Waals surface area contributed by atoms with Crippen LogP contribution in [0, 0.1) is 0 Å². The number of unbranched alkanes of at least 4 members (excludes halogenated alkanes) is 2. The Hall–Kier alpha value is -1.13. The van der Waals surface area contributed by atoms with Crippen molar-refractivity contribution in [2.45, 2.75) is 58.5 Å². The lowest BCUT2D eigenvalue weighted by molar-refractivity contribution is -0.153. The molecule has 1 atom stereocenters. The molecule has 0 aliphatic carbocycles. The third-order valence-corrected chi connectivity index (χ3v) is 2.42. The van der Waals surface area contributed by atoms with Gasteiger partial charge in [0, 0.05) is 0 Å². The Kier molecular flexibility index (Phi) is 10.3. The molecule has 0 spiro atoms. The molecule has 0 aliphatic heterocycles. The number of hydrogen-bond donors (Lipinski definition) is 0. The molecule has 4 nitrogen and oxygen atoms in total. The van der Waals surface area contributed by atoms with E-state index >= 15 is 0 Å². The third kappa shape index (κ3) is 10.1. The SMILES string of the molecule is CCCCCC(C)OC(=O)CCC(=O)OCCF. The molecule has 0 amide bonds. The lowest BCUT2D eigenvalue weighted by atomic mass is 10.1. The highest BCUT2D eigenvalue weighted by molar-refractivity contribution is 5.77. The molecule has 18 heavy (non-hydrogen) atoms. The number of hydrogen-bond acceptors (Lipinski definition) is 4. The zero-order valence-corrected chi connectivity index (χ0v) is 11.2. The van der Waals surface area contributed by atoms with Gasteiger partial charge in [0.25, 0.3) is 0 Å². The smallest absolute Gasteiger partial charge is 0.306 e. The Balaban J connectivity index is 3.60. The molecule has 0 saturated carbocycles. The number of carbonyl (C=O) groups excluding carboxylic acids is 2. The Morgan fingerprint density at radius 3 is 2.44 bits per heavy atom. The van der Waals surface area contributed by atoms with Crippen molar-refractivity contribution in [1.82, 2.24) is 0 Å². The van der Waals surface area contributed by atoms with Crippen LogP contribution in [-0.4, -0.2) is 31.3 Å². The zero-order chi connectivity index (χ0) is 13.8. The van der Waals surface area contributed by atoms with Gasteiger partial charge in [-0.2, -0.15) is 0 Å². The average Bonchev–Trinajstić information content (AvgIpc) is 2.34. The van der Waals surface area contributed by atoms with E-state index in [1.807, 2.05) is 6.92 Å². The fourth-order valence-electron chi connectivity index (χ4n) is 1.45. The molecule has 5 heteroatoms. The minimum Gasteiger partial charge on any atom is -0.463 e. The fraction of sp³-hybridized carbons (Fsp3) is 0.846. The zero-order valence-electron chi connectivity index (χ0n) is 11.2. The molecule has 0 aromatic rings. The summed E-state index contributed by atoms with van der Waals surface area (Å²) in [7, 11) is 0. The van der Waals surface area contributed by atoms with Crippen LogP contribution in [0.2, 0.25) is 0 Å². The van der Waals surface area contributed by atoms with Crippen molar-refractivity contribution in [3.8, 4) is 0 Å². The summed E-state index contributed by atoms with van der Waals surface area (Å²) >= 11 is 0. The molecule has 0 rings (SSSR count). The first-order valence-corrected chi connectivity index (χ1v) is 6.51. The van der Waals surface area contributed by atoms with E-state index in [-0.39, 0.29) is 25.6 Å². The normalized spacial score (nSPS) is 11.9. The summed E-state index contributed by atoms with van der Waals surface area (Å²) in [6, 6.07) is 0. The highest BCUT2D eigenvalue weighted by atomic mass is 19.1. The second-order valence-electron chi connectivity index (χ2n) is 4.21. The molecule has 106 valence electrons. The standard InChI is InChI=1S/C13H23FO4/c1-3-4-5-6-11(2)18-13(16)8-7-12(15)17-10-9-14/h11H,3-10H2,1-2H3. The largest absolute Gasteiger partial charge is 0.463 e. The fourth-order valence-corrected chi connectivity index (χ4v) is 1.45.